The number of likely N-dealkylation sites (N-methyl/N-ethyl adjacent to an activating group) is 1. The maximum atomic E-state index is 9.55. The van der Waals surface area contributed by atoms with Crippen molar-refractivity contribution < 1.29 is 24.5 Å². The zero-order valence-electron chi connectivity index (χ0n) is 19.4. The summed E-state index contributed by atoms with van der Waals surface area (Å²) >= 11 is 0. The maximum absolute atomic E-state index is 9.55. The van der Waals surface area contributed by atoms with Crippen molar-refractivity contribution in [1.29, 1.82) is 0 Å². The van der Waals surface area contributed by atoms with E-state index in [4.69, 9.17) is 20.0 Å². The van der Waals surface area contributed by atoms with Gasteiger partial charge in [0.2, 0.25) is 0 Å². The minimum absolute atomic E-state index is 0.558. The molecule has 0 fully saturated rings. The first-order valence-corrected chi connectivity index (χ1v) is 10.8. The SMILES string of the molecule is CN(C)CCOc1ccc(-c2nn(-c3ccccc3)c3ncccc23)cc1.O=C(O)/C=C\C(=O)O. The van der Waals surface area contributed by atoms with E-state index in [2.05, 4.69) is 28.1 Å². The van der Waals surface area contributed by atoms with Gasteiger partial charge in [-0.25, -0.2) is 19.3 Å². The van der Waals surface area contributed by atoms with E-state index in [9.17, 15) is 9.59 Å². The van der Waals surface area contributed by atoms with Gasteiger partial charge in [-0.1, -0.05) is 18.2 Å². The van der Waals surface area contributed by atoms with Gasteiger partial charge in [-0.2, -0.15) is 5.10 Å². The highest BCUT2D eigenvalue weighted by Gasteiger charge is 2.14. The zero-order valence-corrected chi connectivity index (χ0v) is 19.4. The second-order valence-electron chi connectivity index (χ2n) is 7.66. The summed E-state index contributed by atoms with van der Waals surface area (Å²) in [6.07, 6.45) is 2.92. The topological polar surface area (TPSA) is 118 Å². The maximum Gasteiger partial charge on any atom is 0.328 e. The van der Waals surface area contributed by atoms with Crippen molar-refractivity contribution in [1.82, 2.24) is 19.7 Å². The van der Waals surface area contributed by atoms with Crippen molar-refractivity contribution in [2.24, 2.45) is 0 Å². The molecule has 0 radical (unpaired) electrons. The molecule has 2 heterocycles. The fourth-order valence-corrected chi connectivity index (χ4v) is 3.11. The van der Waals surface area contributed by atoms with Gasteiger partial charge in [0.05, 0.1) is 5.69 Å². The van der Waals surface area contributed by atoms with Crippen LogP contribution in [0.2, 0.25) is 0 Å². The lowest BCUT2D eigenvalue weighted by molar-refractivity contribution is -0.134. The summed E-state index contributed by atoms with van der Waals surface area (Å²) in [6.45, 7) is 1.56. The number of aliphatic carboxylic acids is 2. The van der Waals surface area contributed by atoms with Gasteiger partial charge in [-0.05, 0) is 62.6 Å². The fourth-order valence-electron chi connectivity index (χ4n) is 3.11. The molecule has 2 aromatic heterocycles. The number of rotatable bonds is 8. The number of aromatic nitrogens is 3. The molecule has 2 aromatic carbocycles. The lowest BCUT2D eigenvalue weighted by Gasteiger charge is -2.11. The summed E-state index contributed by atoms with van der Waals surface area (Å²) in [5.74, 6) is -1.65. The fraction of sp³-hybridized carbons (Fsp3) is 0.154. The van der Waals surface area contributed by atoms with Crippen LogP contribution < -0.4 is 4.74 Å². The van der Waals surface area contributed by atoms with E-state index < -0.39 is 11.9 Å². The number of carboxylic acids is 2. The molecule has 9 nitrogen and oxygen atoms in total. The number of carbonyl (C=O) groups is 2. The first-order valence-electron chi connectivity index (χ1n) is 10.8. The number of carboxylic acid groups (broad SMARTS) is 2. The van der Waals surface area contributed by atoms with Crippen LogP contribution in [0.25, 0.3) is 28.0 Å². The van der Waals surface area contributed by atoms with Crippen LogP contribution in [0.5, 0.6) is 5.75 Å². The zero-order chi connectivity index (χ0) is 25.2. The van der Waals surface area contributed by atoms with Gasteiger partial charge >= 0.3 is 11.9 Å². The lowest BCUT2D eigenvalue weighted by atomic mass is 10.1. The van der Waals surface area contributed by atoms with Crippen LogP contribution in [0.1, 0.15) is 0 Å². The molecule has 0 saturated heterocycles. The molecule has 180 valence electrons. The molecule has 0 spiro atoms. The van der Waals surface area contributed by atoms with Crippen LogP contribution >= 0.6 is 0 Å². The van der Waals surface area contributed by atoms with E-state index in [1.54, 1.807) is 6.20 Å². The molecular weight excluding hydrogens is 448 g/mol. The molecule has 0 unspecified atom stereocenters. The Balaban J connectivity index is 0.000000371. The number of fused-ring (bicyclic) bond motifs is 1. The van der Waals surface area contributed by atoms with E-state index in [-0.39, 0.29) is 0 Å². The van der Waals surface area contributed by atoms with Crippen LogP contribution in [0.15, 0.2) is 85.1 Å². The van der Waals surface area contributed by atoms with Crippen LogP contribution in [0.4, 0.5) is 0 Å². The van der Waals surface area contributed by atoms with Gasteiger partial charge in [0.15, 0.2) is 5.65 Å². The number of pyridine rings is 1. The minimum atomic E-state index is -1.26. The van der Waals surface area contributed by atoms with Crippen molar-refractivity contribution >= 4 is 23.0 Å². The highest BCUT2D eigenvalue weighted by molar-refractivity contribution is 5.92. The summed E-state index contributed by atoms with van der Waals surface area (Å²) < 4.78 is 7.69. The van der Waals surface area contributed by atoms with Crippen molar-refractivity contribution in [2.45, 2.75) is 0 Å². The van der Waals surface area contributed by atoms with Crippen LogP contribution in [-0.4, -0.2) is 69.1 Å². The molecule has 0 saturated carbocycles. The first kappa shape index (κ1) is 25.1. The van der Waals surface area contributed by atoms with Crippen LogP contribution in [-0.2, 0) is 9.59 Å². The normalized spacial score (nSPS) is 10.8. The molecule has 0 aliphatic carbocycles. The molecule has 0 bridgehead atoms. The number of benzene rings is 2. The third-order valence-electron chi connectivity index (χ3n) is 4.75. The monoisotopic (exact) mass is 474 g/mol. The molecule has 4 rings (SSSR count). The Hall–Kier alpha value is -4.50. The van der Waals surface area contributed by atoms with Crippen molar-refractivity contribution in [3.8, 4) is 22.7 Å². The van der Waals surface area contributed by atoms with E-state index in [1.807, 2.05) is 67.3 Å². The first-order chi connectivity index (χ1) is 16.8. The Labute approximate surface area is 202 Å². The van der Waals surface area contributed by atoms with Gasteiger partial charge in [-0.15, -0.1) is 0 Å². The van der Waals surface area contributed by atoms with Gasteiger partial charge < -0.3 is 19.8 Å². The third kappa shape index (κ3) is 7.24. The van der Waals surface area contributed by atoms with Gasteiger partial charge in [0.1, 0.15) is 18.1 Å². The summed E-state index contributed by atoms with van der Waals surface area (Å²) in [6, 6.07) is 22.2. The number of ether oxygens (including phenoxy) is 1. The average molecular weight is 475 g/mol. The molecular formula is C26H26N4O5. The van der Waals surface area contributed by atoms with Crippen molar-refractivity contribution in [3.63, 3.8) is 0 Å². The standard InChI is InChI=1S/C22H22N4O.C4H4O4/c1-25(2)15-16-27-19-12-10-17(11-13-19)21-20-9-6-14-23-22(20)26(24-21)18-7-4-3-5-8-18;5-3(6)1-2-4(7)8/h3-14H,15-16H2,1-2H3;1-2H,(H,5,6)(H,7,8)/b;2-1-. The number of nitrogens with zero attached hydrogens (tertiary/aromatic N) is 4. The smallest absolute Gasteiger partial charge is 0.328 e. The van der Waals surface area contributed by atoms with Crippen molar-refractivity contribution in [3.05, 3.63) is 85.1 Å². The number of para-hydroxylation sites is 1. The van der Waals surface area contributed by atoms with E-state index >= 15 is 0 Å². The molecule has 2 N–H and O–H groups in total. The lowest BCUT2D eigenvalue weighted by Crippen LogP contribution is -2.19. The Morgan fingerprint density at radius 2 is 1.60 bits per heavy atom. The van der Waals surface area contributed by atoms with Gasteiger partial charge in [0, 0.05) is 35.8 Å². The van der Waals surface area contributed by atoms with E-state index in [0.717, 1.165) is 40.3 Å². The number of hydrogen-bond acceptors (Lipinski definition) is 6. The predicted octanol–water partition coefficient (Wildman–Crippen LogP) is 3.74. The van der Waals surface area contributed by atoms with Crippen LogP contribution in [0.3, 0.4) is 0 Å². The molecule has 9 heteroatoms. The summed E-state index contributed by atoms with van der Waals surface area (Å²) in [7, 11) is 4.07. The number of hydrogen-bond donors (Lipinski definition) is 2. The molecule has 35 heavy (non-hydrogen) atoms. The van der Waals surface area contributed by atoms with Gasteiger partial charge in [0.25, 0.3) is 0 Å². The summed E-state index contributed by atoms with van der Waals surface area (Å²) in [4.78, 5) is 25.8. The minimum Gasteiger partial charge on any atom is -0.492 e. The largest absolute Gasteiger partial charge is 0.492 e. The second kappa shape index (κ2) is 12.1. The Bertz CT molecular complexity index is 1280. The van der Waals surface area contributed by atoms with Crippen molar-refractivity contribution in [2.75, 3.05) is 27.2 Å². The molecule has 4 aromatic rings. The Morgan fingerprint density at radius 1 is 0.943 bits per heavy atom. The Morgan fingerprint density at radius 3 is 2.20 bits per heavy atom. The quantitative estimate of drug-likeness (QED) is 0.371. The van der Waals surface area contributed by atoms with E-state index in [1.165, 1.54) is 0 Å². The summed E-state index contributed by atoms with van der Waals surface area (Å²) in [5.41, 5.74) is 3.81. The predicted molar refractivity (Wildman–Crippen MR) is 133 cm³/mol. The third-order valence-corrected chi connectivity index (χ3v) is 4.75. The van der Waals surface area contributed by atoms with Crippen LogP contribution in [0, 0.1) is 0 Å². The molecule has 0 amide bonds. The second-order valence-corrected chi connectivity index (χ2v) is 7.66. The Kier molecular flexibility index (Phi) is 8.69. The average Bonchev–Trinajstić information content (AvgIpc) is 3.24. The molecule has 0 aliphatic heterocycles. The summed E-state index contributed by atoms with van der Waals surface area (Å²) in [5, 5.41) is 21.5. The molecule has 0 atom stereocenters. The van der Waals surface area contributed by atoms with E-state index in [0.29, 0.717) is 18.8 Å². The van der Waals surface area contributed by atoms with Gasteiger partial charge in [-0.3, -0.25) is 0 Å². The molecule has 0 aliphatic rings. The highest BCUT2D eigenvalue weighted by Crippen LogP contribution is 2.29. The highest BCUT2D eigenvalue weighted by atomic mass is 16.5.